The standard InChI is InChI=1S/C13H25N5/c1-4-14-12(9-13-15-17-18(3)16-13)11-7-5-6-10(2)8-11/h10-12,14H,4-9H2,1-3H3. The van der Waals surface area contributed by atoms with Crippen molar-refractivity contribution in [3.05, 3.63) is 5.82 Å². The van der Waals surface area contributed by atoms with Crippen molar-refractivity contribution in [3.63, 3.8) is 0 Å². The molecule has 1 aliphatic rings. The molecular weight excluding hydrogens is 226 g/mol. The fourth-order valence-electron chi connectivity index (χ4n) is 3.12. The quantitative estimate of drug-likeness (QED) is 0.863. The maximum atomic E-state index is 4.30. The fraction of sp³-hybridized carbons (Fsp3) is 0.923. The van der Waals surface area contributed by atoms with Crippen molar-refractivity contribution in [1.82, 2.24) is 25.5 Å². The molecule has 18 heavy (non-hydrogen) atoms. The van der Waals surface area contributed by atoms with Gasteiger partial charge < -0.3 is 5.32 Å². The third-order valence-electron chi connectivity index (χ3n) is 3.96. The van der Waals surface area contributed by atoms with Gasteiger partial charge in [-0.2, -0.15) is 4.80 Å². The first kappa shape index (κ1) is 13.5. The Morgan fingerprint density at radius 3 is 2.89 bits per heavy atom. The highest BCUT2D eigenvalue weighted by Crippen LogP contribution is 2.31. The summed E-state index contributed by atoms with van der Waals surface area (Å²) in [6, 6.07) is 0.502. The van der Waals surface area contributed by atoms with Gasteiger partial charge in [-0.15, -0.1) is 10.2 Å². The van der Waals surface area contributed by atoms with Crippen molar-refractivity contribution in [2.24, 2.45) is 18.9 Å². The molecule has 0 radical (unpaired) electrons. The van der Waals surface area contributed by atoms with E-state index in [4.69, 9.17) is 0 Å². The maximum Gasteiger partial charge on any atom is 0.176 e. The molecule has 1 N–H and O–H groups in total. The lowest BCUT2D eigenvalue weighted by Crippen LogP contribution is -2.40. The van der Waals surface area contributed by atoms with Crippen molar-refractivity contribution in [1.29, 1.82) is 0 Å². The van der Waals surface area contributed by atoms with E-state index in [0.717, 1.165) is 30.6 Å². The first-order valence-electron chi connectivity index (χ1n) is 7.15. The number of hydrogen-bond donors (Lipinski definition) is 1. The summed E-state index contributed by atoms with van der Waals surface area (Å²) < 4.78 is 0. The number of tetrazole rings is 1. The molecule has 0 spiro atoms. The van der Waals surface area contributed by atoms with Crippen LogP contribution in [0.1, 0.15) is 45.4 Å². The van der Waals surface area contributed by atoms with Crippen LogP contribution in [0.15, 0.2) is 0 Å². The van der Waals surface area contributed by atoms with Crippen LogP contribution in [0.5, 0.6) is 0 Å². The Balaban J connectivity index is 1.98. The van der Waals surface area contributed by atoms with Gasteiger partial charge in [0, 0.05) is 12.5 Å². The van der Waals surface area contributed by atoms with Gasteiger partial charge in [-0.1, -0.05) is 26.7 Å². The molecular formula is C13H25N5. The molecule has 1 aromatic heterocycles. The van der Waals surface area contributed by atoms with Crippen LogP contribution in [0.4, 0.5) is 0 Å². The minimum atomic E-state index is 0.502. The summed E-state index contributed by atoms with van der Waals surface area (Å²) in [6.45, 7) is 5.55. The Bertz CT molecular complexity index is 362. The van der Waals surface area contributed by atoms with E-state index in [-0.39, 0.29) is 0 Å². The lowest BCUT2D eigenvalue weighted by molar-refractivity contribution is 0.221. The minimum absolute atomic E-state index is 0.502. The van der Waals surface area contributed by atoms with E-state index in [9.17, 15) is 0 Å². The molecule has 1 aliphatic carbocycles. The van der Waals surface area contributed by atoms with Crippen LogP contribution in [0.25, 0.3) is 0 Å². The summed E-state index contributed by atoms with van der Waals surface area (Å²) in [7, 11) is 1.82. The summed E-state index contributed by atoms with van der Waals surface area (Å²) in [5, 5.41) is 15.9. The minimum Gasteiger partial charge on any atom is -0.314 e. The van der Waals surface area contributed by atoms with Gasteiger partial charge in [0.15, 0.2) is 5.82 Å². The van der Waals surface area contributed by atoms with Gasteiger partial charge >= 0.3 is 0 Å². The van der Waals surface area contributed by atoms with Crippen molar-refractivity contribution in [3.8, 4) is 0 Å². The molecule has 0 aliphatic heterocycles. The van der Waals surface area contributed by atoms with Gasteiger partial charge in [-0.3, -0.25) is 0 Å². The zero-order chi connectivity index (χ0) is 13.0. The highest BCUT2D eigenvalue weighted by Gasteiger charge is 2.27. The van der Waals surface area contributed by atoms with Crippen LogP contribution >= 0.6 is 0 Å². The number of nitrogens with one attached hydrogen (secondary N) is 1. The second-order valence-electron chi connectivity index (χ2n) is 5.60. The van der Waals surface area contributed by atoms with E-state index >= 15 is 0 Å². The van der Waals surface area contributed by atoms with Gasteiger partial charge in [0.1, 0.15) is 0 Å². The normalized spacial score (nSPS) is 26.2. The molecule has 3 atom stereocenters. The van der Waals surface area contributed by atoms with Crippen LogP contribution in [0.2, 0.25) is 0 Å². The summed E-state index contributed by atoms with van der Waals surface area (Å²) in [4.78, 5) is 1.54. The van der Waals surface area contributed by atoms with E-state index in [1.165, 1.54) is 25.7 Å². The number of aromatic nitrogens is 4. The van der Waals surface area contributed by atoms with Crippen LogP contribution < -0.4 is 5.32 Å². The first-order chi connectivity index (χ1) is 8.69. The monoisotopic (exact) mass is 251 g/mol. The fourth-order valence-corrected chi connectivity index (χ4v) is 3.12. The summed E-state index contributed by atoms with van der Waals surface area (Å²) in [5.74, 6) is 2.49. The molecule has 102 valence electrons. The van der Waals surface area contributed by atoms with Gasteiger partial charge in [-0.25, -0.2) is 0 Å². The van der Waals surface area contributed by atoms with Crippen molar-refractivity contribution < 1.29 is 0 Å². The van der Waals surface area contributed by atoms with E-state index < -0.39 is 0 Å². The third kappa shape index (κ3) is 3.51. The van der Waals surface area contributed by atoms with Crippen molar-refractivity contribution in [2.75, 3.05) is 6.54 Å². The third-order valence-corrected chi connectivity index (χ3v) is 3.96. The molecule has 1 heterocycles. The topological polar surface area (TPSA) is 55.6 Å². The number of aryl methyl sites for hydroxylation is 1. The zero-order valence-corrected chi connectivity index (χ0v) is 11.8. The first-order valence-corrected chi connectivity index (χ1v) is 7.15. The Morgan fingerprint density at radius 1 is 1.44 bits per heavy atom. The summed E-state index contributed by atoms with van der Waals surface area (Å²) in [6.07, 6.45) is 6.32. The summed E-state index contributed by atoms with van der Waals surface area (Å²) in [5.41, 5.74) is 0. The van der Waals surface area contributed by atoms with Crippen LogP contribution in [0, 0.1) is 11.8 Å². The van der Waals surface area contributed by atoms with Gasteiger partial charge in [-0.05, 0) is 36.4 Å². The second kappa shape index (κ2) is 6.27. The van der Waals surface area contributed by atoms with E-state index in [1.54, 1.807) is 4.80 Å². The predicted molar refractivity (Wildman–Crippen MR) is 71.1 cm³/mol. The molecule has 3 unspecified atom stereocenters. The Labute approximate surface area is 109 Å². The van der Waals surface area contributed by atoms with Gasteiger partial charge in [0.2, 0.25) is 0 Å². The highest BCUT2D eigenvalue weighted by molar-refractivity contribution is 4.90. The van der Waals surface area contributed by atoms with Crippen LogP contribution in [-0.2, 0) is 13.5 Å². The van der Waals surface area contributed by atoms with E-state index in [2.05, 4.69) is 34.6 Å². The summed E-state index contributed by atoms with van der Waals surface area (Å²) >= 11 is 0. The van der Waals surface area contributed by atoms with Crippen molar-refractivity contribution >= 4 is 0 Å². The largest absolute Gasteiger partial charge is 0.314 e. The Kier molecular flexibility index (Phi) is 4.69. The molecule has 1 fully saturated rings. The van der Waals surface area contributed by atoms with Crippen LogP contribution in [0.3, 0.4) is 0 Å². The lowest BCUT2D eigenvalue weighted by atomic mass is 9.77. The molecule has 5 nitrogen and oxygen atoms in total. The average molecular weight is 251 g/mol. The van der Waals surface area contributed by atoms with Gasteiger partial charge in [0.05, 0.1) is 7.05 Å². The molecule has 0 saturated heterocycles. The number of likely N-dealkylation sites (N-methyl/N-ethyl adjacent to an activating group) is 1. The maximum absolute atomic E-state index is 4.30. The molecule has 0 bridgehead atoms. The van der Waals surface area contributed by atoms with E-state index in [1.807, 2.05) is 7.05 Å². The molecule has 0 aromatic carbocycles. The van der Waals surface area contributed by atoms with Gasteiger partial charge in [0.25, 0.3) is 0 Å². The zero-order valence-electron chi connectivity index (χ0n) is 11.8. The average Bonchev–Trinajstić information content (AvgIpc) is 2.74. The molecule has 2 rings (SSSR count). The van der Waals surface area contributed by atoms with E-state index in [0.29, 0.717) is 6.04 Å². The second-order valence-corrected chi connectivity index (χ2v) is 5.60. The number of rotatable bonds is 5. The Morgan fingerprint density at radius 2 is 2.28 bits per heavy atom. The number of nitrogens with zero attached hydrogens (tertiary/aromatic N) is 4. The van der Waals surface area contributed by atoms with Crippen molar-refractivity contribution in [2.45, 2.75) is 52.0 Å². The lowest BCUT2D eigenvalue weighted by Gasteiger charge is -2.33. The SMILES string of the molecule is CCNC(Cc1nnn(C)n1)C1CCCC(C)C1. The Hall–Kier alpha value is -0.970. The smallest absolute Gasteiger partial charge is 0.176 e. The highest BCUT2D eigenvalue weighted by atomic mass is 15.6. The predicted octanol–water partition coefficient (Wildman–Crippen LogP) is 1.56. The number of hydrogen-bond acceptors (Lipinski definition) is 4. The molecule has 1 saturated carbocycles. The van der Waals surface area contributed by atoms with Crippen LogP contribution in [-0.4, -0.2) is 32.8 Å². The molecule has 0 amide bonds. The molecule has 5 heteroatoms. The molecule has 1 aromatic rings.